The van der Waals surface area contributed by atoms with E-state index < -0.39 is 6.10 Å². The zero-order valence-corrected chi connectivity index (χ0v) is 5.84. The van der Waals surface area contributed by atoms with Gasteiger partial charge in [0.05, 0.1) is 31.8 Å². The van der Waals surface area contributed by atoms with Crippen molar-refractivity contribution in [3.8, 4) is 0 Å². The number of alkyl halides is 1. The van der Waals surface area contributed by atoms with Crippen LogP contribution >= 0.6 is 11.6 Å². The second-order valence-electron chi connectivity index (χ2n) is 1.61. The van der Waals surface area contributed by atoms with Crippen molar-refractivity contribution in [1.82, 2.24) is 0 Å². The van der Waals surface area contributed by atoms with Crippen LogP contribution in [0.15, 0.2) is 0 Å². The summed E-state index contributed by atoms with van der Waals surface area (Å²) < 4.78 is 4.75. The molecule has 0 amide bonds. The van der Waals surface area contributed by atoms with E-state index in [0.717, 1.165) is 0 Å². The number of hydrogen-bond acceptors (Lipinski definition) is 3. The highest BCUT2D eigenvalue weighted by Crippen LogP contribution is 1.87. The number of hydrogen-bond donors (Lipinski definition) is 2. The monoisotopic (exact) mass is 154 g/mol. The molecule has 0 fully saturated rings. The predicted molar refractivity (Wildman–Crippen MR) is 34.6 cm³/mol. The van der Waals surface area contributed by atoms with E-state index in [-0.39, 0.29) is 25.7 Å². The smallest absolute Gasteiger partial charge is 0.0908 e. The van der Waals surface area contributed by atoms with Crippen LogP contribution in [-0.2, 0) is 4.74 Å². The Kier molecular flexibility index (Phi) is 6.41. The highest BCUT2D eigenvalue weighted by Gasteiger charge is 1.99. The molecule has 9 heavy (non-hydrogen) atoms. The third-order valence-corrected chi connectivity index (χ3v) is 1.08. The quantitative estimate of drug-likeness (QED) is 0.418. The standard InChI is InChI=1S/C5H11ClO3/c6-3-5(8)4-9-2-1-7/h5,7-8H,1-4H2. The summed E-state index contributed by atoms with van der Waals surface area (Å²) in [7, 11) is 0. The molecular weight excluding hydrogens is 144 g/mol. The summed E-state index contributed by atoms with van der Waals surface area (Å²) in [6.45, 7) is 0.438. The molecule has 0 aliphatic heterocycles. The van der Waals surface area contributed by atoms with Crippen LogP contribution < -0.4 is 0 Å². The molecule has 0 radical (unpaired) electrons. The van der Waals surface area contributed by atoms with Gasteiger partial charge in [-0.1, -0.05) is 0 Å². The van der Waals surface area contributed by atoms with Gasteiger partial charge in [0, 0.05) is 0 Å². The molecule has 56 valence electrons. The van der Waals surface area contributed by atoms with E-state index in [0.29, 0.717) is 0 Å². The molecule has 1 atom stereocenters. The van der Waals surface area contributed by atoms with E-state index in [4.69, 9.17) is 26.6 Å². The Morgan fingerprint density at radius 1 is 1.56 bits per heavy atom. The Hall–Kier alpha value is 0.170. The van der Waals surface area contributed by atoms with Gasteiger partial charge in [-0.2, -0.15) is 0 Å². The molecule has 0 aliphatic carbocycles. The first kappa shape index (κ1) is 9.17. The normalized spacial score (nSPS) is 13.7. The molecule has 0 bridgehead atoms. The lowest BCUT2D eigenvalue weighted by Crippen LogP contribution is -2.17. The fourth-order valence-corrected chi connectivity index (χ4v) is 0.418. The minimum Gasteiger partial charge on any atom is -0.394 e. The molecule has 0 spiro atoms. The number of aliphatic hydroxyl groups excluding tert-OH is 2. The lowest BCUT2D eigenvalue weighted by molar-refractivity contribution is 0.0306. The van der Waals surface area contributed by atoms with Crippen molar-refractivity contribution in [2.45, 2.75) is 6.10 Å². The molecule has 4 heteroatoms. The average Bonchev–Trinajstić information content (AvgIpc) is 1.89. The van der Waals surface area contributed by atoms with E-state index in [2.05, 4.69) is 0 Å². The molecule has 3 nitrogen and oxygen atoms in total. The molecule has 0 aliphatic rings. The van der Waals surface area contributed by atoms with Crippen molar-refractivity contribution in [2.75, 3.05) is 25.7 Å². The van der Waals surface area contributed by atoms with Gasteiger partial charge in [-0.25, -0.2) is 0 Å². The Morgan fingerprint density at radius 2 is 2.22 bits per heavy atom. The summed E-state index contributed by atoms with van der Waals surface area (Å²) in [6, 6.07) is 0. The van der Waals surface area contributed by atoms with Gasteiger partial charge in [0.2, 0.25) is 0 Å². The van der Waals surface area contributed by atoms with Gasteiger partial charge in [0.1, 0.15) is 0 Å². The van der Waals surface area contributed by atoms with Crippen LogP contribution in [0.25, 0.3) is 0 Å². The van der Waals surface area contributed by atoms with Crippen LogP contribution in [0.1, 0.15) is 0 Å². The van der Waals surface area contributed by atoms with E-state index >= 15 is 0 Å². The first-order valence-corrected chi connectivity index (χ1v) is 3.27. The SMILES string of the molecule is OCCOCC(O)CCl. The minimum atomic E-state index is -0.613. The summed E-state index contributed by atoms with van der Waals surface area (Å²) in [4.78, 5) is 0. The van der Waals surface area contributed by atoms with Gasteiger partial charge in [0.25, 0.3) is 0 Å². The maximum absolute atomic E-state index is 8.75. The molecular formula is C5H11ClO3. The zero-order chi connectivity index (χ0) is 7.11. The van der Waals surface area contributed by atoms with Crippen LogP contribution in [0.5, 0.6) is 0 Å². The van der Waals surface area contributed by atoms with Crippen molar-refractivity contribution in [1.29, 1.82) is 0 Å². The summed E-state index contributed by atoms with van der Waals surface area (Å²) >= 11 is 5.24. The van der Waals surface area contributed by atoms with Gasteiger partial charge < -0.3 is 14.9 Å². The van der Waals surface area contributed by atoms with Crippen molar-refractivity contribution >= 4 is 11.6 Å². The zero-order valence-electron chi connectivity index (χ0n) is 5.09. The van der Waals surface area contributed by atoms with Crippen LogP contribution in [0.2, 0.25) is 0 Å². The van der Waals surface area contributed by atoms with Gasteiger partial charge in [-0.05, 0) is 0 Å². The minimum absolute atomic E-state index is 0.0188. The Bertz CT molecular complexity index is 60.2. The molecule has 0 aromatic heterocycles. The summed E-state index contributed by atoms with van der Waals surface area (Å²) in [5, 5.41) is 17.0. The fourth-order valence-electron chi connectivity index (χ4n) is 0.328. The lowest BCUT2D eigenvalue weighted by Gasteiger charge is -2.05. The first-order valence-electron chi connectivity index (χ1n) is 2.74. The highest BCUT2D eigenvalue weighted by molar-refractivity contribution is 6.18. The maximum atomic E-state index is 8.75. The topological polar surface area (TPSA) is 49.7 Å². The Labute approximate surface area is 59.2 Å². The predicted octanol–water partition coefficient (Wildman–Crippen LogP) is -0.405. The number of halogens is 1. The molecule has 0 heterocycles. The first-order chi connectivity index (χ1) is 4.31. The highest BCUT2D eigenvalue weighted by atomic mass is 35.5. The average molecular weight is 155 g/mol. The molecule has 0 aromatic rings. The number of ether oxygens (including phenoxy) is 1. The summed E-state index contributed by atoms with van der Waals surface area (Å²) in [5.41, 5.74) is 0. The van der Waals surface area contributed by atoms with E-state index in [9.17, 15) is 0 Å². The van der Waals surface area contributed by atoms with E-state index in [1.807, 2.05) is 0 Å². The van der Waals surface area contributed by atoms with Crippen LogP contribution in [0.4, 0.5) is 0 Å². The molecule has 2 N–H and O–H groups in total. The summed E-state index contributed by atoms with van der Waals surface area (Å²) in [6.07, 6.45) is -0.613. The van der Waals surface area contributed by atoms with Crippen LogP contribution in [0, 0.1) is 0 Å². The number of aliphatic hydroxyl groups is 2. The third kappa shape index (κ3) is 6.05. The molecule has 1 unspecified atom stereocenters. The molecule has 0 saturated carbocycles. The van der Waals surface area contributed by atoms with Crippen molar-refractivity contribution < 1.29 is 14.9 Å². The van der Waals surface area contributed by atoms with Crippen LogP contribution in [0.3, 0.4) is 0 Å². The fraction of sp³-hybridized carbons (Fsp3) is 1.00. The summed E-state index contributed by atoms with van der Waals surface area (Å²) in [5.74, 6) is 0.172. The molecule has 0 rings (SSSR count). The van der Waals surface area contributed by atoms with Gasteiger partial charge in [0.15, 0.2) is 0 Å². The van der Waals surface area contributed by atoms with Crippen molar-refractivity contribution in [3.05, 3.63) is 0 Å². The van der Waals surface area contributed by atoms with Gasteiger partial charge >= 0.3 is 0 Å². The van der Waals surface area contributed by atoms with Crippen molar-refractivity contribution in [3.63, 3.8) is 0 Å². The van der Waals surface area contributed by atoms with Crippen molar-refractivity contribution in [2.24, 2.45) is 0 Å². The molecule has 0 aromatic carbocycles. The maximum Gasteiger partial charge on any atom is 0.0908 e. The van der Waals surface area contributed by atoms with E-state index in [1.54, 1.807) is 0 Å². The lowest BCUT2D eigenvalue weighted by atomic mass is 10.4. The van der Waals surface area contributed by atoms with Gasteiger partial charge in [-0.3, -0.25) is 0 Å². The van der Waals surface area contributed by atoms with Gasteiger partial charge in [-0.15, -0.1) is 11.6 Å². The Balaban J connectivity index is 2.88. The molecule has 0 saturated heterocycles. The van der Waals surface area contributed by atoms with E-state index in [1.165, 1.54) is 0 Å². The third-order valence-electron chi connectivity index (χ3n) is 0.724. The van der Waals surface area contributed by atoms with Crippen LogP contribution in [-0.4, -0.2) is 42.0 Å². The Morgan fingerprint density at radius 3 is 2.67 bits per heavy atom. The second-order valence-corrected chi connectivity index (χ2v) is 1.92. The second kappa shape index (κ2) is 6.29. The number of rotatable bonds is 5. The largest absolute Gasteiger partial charge is 0.394 e.